The molecule has 102 valence electrons. The molecular formula is C15H16N4O. The molecule has 0 atom stereocenters. The van der Waals surface area contributed by atoms with Gasteiger partial charge >= 0.3 is 0 Å². The van der Waals surface area contributed by atoms with Gasteiger partial charge in [-0.25, -0.2) is 10.8 Å². The number of fused-ring (bicyclic) bond motifs is 1. The third-order valence-electron chi connectivity index (χ3n) is 3.11. The van der Waals surface area contributed by atoms with E-state index in [4.69, 9.17) is 10.6 Å². The number of rotatable bonds is 5. The van der Waals surface area contributed by atoms with E-state index in [0.29, 0.717) is 19.1 Å². The molecule has 0 radical (unpaired) electrons. The summed E-state index contributed by atoms with van der Waals surface area (Å²) in [7, 11) is 0. The number of nitrogens with two attached hydrogens (primary N) is 1. The van der Waals surface area contributed by atoms with Gasteiger partial charge in [0, 0.05) is 0 Å². The quantitative estimate of drug-likeness (QED) is 0.551. The SMILES string of the molecule is NNc1nc2ccccc2n1CCOc1ccccc1. The minimum Gasteiger partial charge on any atom is -0.492 e. The predicted octanol–water partition coefficient (Wildman–Crippen LogP) is 2.40. The van der Waals surface area contributed by atoms with Crippen LogP contribution in [0.25, 0.3) is 11.0 Å². The van der Waals surface area contributed by atoms with Crippen LogP contribution in [-0.4, -0.2) is 16.2 Å². The molecule has 0 fully saturated rings. The molecule has 5 nitrogen and oxygen atoms in total. The summed E-state index contributed by atoms with van der Waals surface area (Å²) in [6.07, 6.45) is 0. The van der Waals surface area contributed by atoms with Gasteiger partial charge in [0.2, 0.25) is 5.95 Å². The average molecular weight is 268 g/mol. The van der Waals surface area contributed by atoms with Crippen LogP contribution < -0.4 is 16.0 Å². The first-order chi connectivity index (χ1) is 9.88. The van der Waals surface area contributed by atoms with Gasteiger partial charge in [0.05, 0.1) is 17.6 Å². The third-order valence-corrected chi connectivity index (χ3v) is 3.11. The van der Waals surface area contributed by atoms with Crippen molar-refractivity contribution in [3.63, 3.8) is 0 Å². The molecule has 0 spiro atoms. The van der Waals surface area contributed by atoms with E-state index in [2.05, 4.69) is 10.4 Å². The molecule has 3 N–H and O–H groups in total. The fraction of sp³-hybridized carbons (Fsp3) is 0.133. The first-order valence-electron chi connectivity index (χ1n) is 6.48. The van der Waals surface area contributed by atoms with Crippen LogP contribution in [0, 0.1) is 0 Å². The van der Waals surface area contributed by atoms with E-state index in [1.807, 2.05) is 59.2 Å². The minimum atomic E-state index is 0.555. The number of hydrogen-bond donors (Lipinski definition) is 2. The molecule has 1 aromatic heterocycles. The van der Waals surface area contributed by atoms with Crippen LogP contribution in [0.15, 0.2) is 54.6 Å². The van der Waals surface area contributed by atoms with Crippen molar-refractivity contribution in [2.75, 3.05) is 12.0 Å². The van der Waals surface area contributed by atoms with Gasteiger partial charge in [-0.2, -0.15) is 0 Å². The van der Waals surface area contributed by atoms with E-state index < -0.39 is 0 Å². The summed E-state index contributed by atoms with van der Waals surface area (Å²) in [5, 5.41) is 0. The minimum absolute atomic E-state index is 0.555. The summed E-state index contributed by atoms with van der Waals surface area (Å²) in [5.74, 6) is 7.03. The van der Waals surface area contributed by atoms with Gasteiger partial charge < -0.3 is 9.30 Å². The number of nitrogens with one attached hydrogen (secondary N) is 1. The monoisotopic (exact) mass is 268 g/mol. The Morgan fingerprint density at radius 3 is 2.60 bits per heavy atom. The standard InChI is InChI=1S/C15H16N4O/c16-18-15-17-13-8-4-5-9-14(13)19(15)10-11-20-12-6-2-1-3-7-12/h1-9H,10-11,16H2,(H,17,18). The fourth-order valence-electron chi connectivity index (χ4n) is 2.18. The van der Waals surface area contributed by atoms with E-state index in [1.165, 1.54) is 0 Å². The molecule has 3 aromatic rings. The fourth-order valence-corrected chi connectivity index (χ4v) is 2.18. The van der Waals surface area contributed by atoms with E-state index in [-0.39, 0.29) is 0 Å². The van der Waals surface area contributed by atoms with E-state index in [9.17, 15) is 0 Å². The maximum absolute atomic E-state index is 5.71. The highest BCUT2D eigenvalue weighted by Crippen LogP contribution is 2.19. The van der Waals surface area contributed by atoms with Gasteiger partial charge in [-0.3, -0.25) is 5.43 Å². The maximum atomic E-state index is 5.71. The lowest BCUT2D eigenvalue weighted by Crippen LogP contribution is -2.16. The lowest BCUT2D eigenvalue weighted by molar-refractivity contribution is 0.301. The third kappa shape index (κ3) is 2.44. The van der Waals surface area contributed by atoms with Crippen molar-refractivity contribution in [2.24, 2.45) is 5.84 Å². The molecule has 0 saturated carbocycles. The molecule has 0 saturated heterocycles. The van der Waals surface area contributed by atoms with Crippen LogP contribution in [0.4, 0.5) is 5.95 Å². The molecule has 0 bridgehead atoms. The second-order valence-electron chi connectivity index (χ2n) is 4.38. The molecule has 0 unspecified atom stereocenters. The molecule has 0 aliphatic rings. The van der Waals surface area contributed by atoms with Crippen molar-refractivity contribution in [2.45, 2.75) is 6.54 Å². The Kier molecular flexibility index (Phi) is 3.52. The lowest BCUT2D eigenvalue weighted by atomic mass is 10.3. The van der Waals surface area contributed by atoms with E-state index in [0.717, 1.165) is 16.8 Å². The Morgan fingerprint density at radius 2 is 1.80 bits per heavy atom. The van der Waals surface area contributed by atoms with Crippen molar-refractivity contribution < 1.29 is 4.74 Å². The number of nitrogens with zero attached hydrogens (tertiary/aromatic N) is 2. The van der Waals surface area contributed by atoms with E-state index in [1.54, 1.807) is 0 Å². The summed E-state index contributed by atoms with van der Waals surface area (Å²) in [6, 6.07) is 17.7. The summed E-state index contributed by atoms with van der Waals surface area (Å²) in [6.45, 7) is 1.23. The zero-order valence-electron chi connectivity index (χ0n) is 11.0. The van der Waals surface area contributed by atoms with Crippen molar-refractivity contribution in [1.29, 1.82) is 0 Å². The first-order valence-corrected chi connectivity index (χ1v) is 6.48. The maximum Gasteiger partial charge on any atom is 0.218 e. The molecular weight excluding hydrogens is 252 g/mol. The topological polar surface area (TPSA) is 65.1 Å². The smallest absolute Gasteiger partial charge is 0.218 e. The van der Waals surface area contributed by atoms with Crippen LogP contribution in [0.3, 0.4) is 0 Å². The Balaban J connectivity index is 1.77. The molecule has 5 heteroatoms. The second-order valence-corrected chi connectivity index (χ2v) is 4.38. The predicted molar refractivity (Wildman–Crippen MR) is 79.5 cm³/mol. The zero-order chi connectivity index (χ0) is 13.8. The summed E-state index contributed by atoms with van der Waals surface area (Å²) in [5.41, 5.74) is 4.59. The molecule has 1 heterocycles. The number of benzene rings is 2. The number of nitrogen functional groups attached to an aromatic ring is 1. The number of anilines is 1. The zero-order valence-corrected chi connectivity index (χ0v) is 11.0. The van der Waals surface area contributed by atoms with Gasteiger partial charge in [-0.1, -0.05) is 30.3 Å². The Labute approximate surface area is 117 Å². The van der Waals surface area contributed by atoms with Crippen molar-refractivity contribution in [3.05, 3.63) is 54.6 Å². The number of ether oxygens (including phenoxy) is 1. The molecule has 20 heavy (non-hydrogen) atoms. The molecule has 0 amide bonds. The summed E-state index contributed by atoms with van der Waals surface area (Å²) in [4.78, 5) is 4.43. The van der Waals surface area contributed by atoms with Crippen molar-refractivity contribution >= 4 is 17.0 Å². The van der Waals surface area contributed by atoms with Gasteiger partial charge in [-0.15, -0.1) is 0 Å². The largest absolute Gasteiger partial charge is 0.492 e. The molecule has 0 aliphatic carbocycles. The number of imidazole rings is 1. The number of hydrogen-bond acceptors (Lipinski definition) is 4. The second kappa shape index (κ2) is 5.63. The first kappa shape index (κ1) is 12.5. The highest BCUT2D eigenvalue weighted by atomic mass is 16.5. The lowest BCUT2D eigenvalue weighted by Gasteiger charge is -2.10. The van der Waals surface area contributed by atoms with Crippen LogP contribution in [0.5, 0.6) is 5.75 Å². The number of aromatic nitrogens is 2. The Bertz CT molecular complexity index is 693. The van der Waals surface area contributed by atoms with Crippen molar-refractivity contribution in [3.8, 4) is 5.75 Å². The number of hydrazine groups is 1. The number of para-hydroxylation sites is 3. The Hall–Kier alpha value is -2.53. The van der Waals surface area contributed by atoms with Gasteiger partial charge in [-0.05, 0) is 24.3 Å². The van der Waals surface area contributed by atoms with Crippen LogP contribution >= 0.6 is 0 Å². The molecule has 3 rings (SSSR count). The molecule has 2 aromatic carbocycles. The normalized spacial score (nSPS) is 10.7. The van der Waals surface area contributed by atoms with Gasteiger partial charge in [0.15, 0.2) is 0 Å². The highest BCUT2D eigenvalue weighted by Gasteiger charge is 2.08. The average Bonchev–Trinajstić information content (AvgIpc) is 2.87. The van der Waals surface area contributed by atoms with Gasteiger partial charge in [0.1, 0.15) is 12.4 Å². The highest BCUT2D eigenvalue weighted by molar-refractivity contribution is 5.78. The van der Waals surface area contributed by atoms with E-state index >= 15 is 0 Å². The molecule has 0 aliphatic heterocycles. The van der Waals surface area contributed by atoms with Crippen LogP contribution in [0.2, 0.25) is 0 Å². The van der Waals surface area contributed by atoms with Crippen LogP contribution in [-0.2, 0) is 6.54 Å². The summed E-state index contributed by atoms with van der Waals surface area (Å²) >= 11 is 0. The van der Waals surface area contributed by atoms with Crippen LogP contribution in [0.1, 0.15) is 0 Å². The van der Waals surface area contributed by atoms with Gasteiger partial charge in [0.25, 0.3) is 0 Å². The summed E-state index contributed by atoms with van der Waals surface area (Å²) < 4.78 is 7.72. The van der Waals surface area contributed by atoms with Crippen molar-refractivity contribution in [1.82, 2.24) is 9.55 Å². The Morgan fingerprint density at radius 1 is 1.05 bits per heavy atom.